The third-order valence-corrected chi connectivity index (χ3v) is 6.13. The Morgan fingerprint density at radius 3 is 2.34 bits per heavy atom. The van der Waals surface area contributed by atoms with Gasteiger partial charge in [-0.3, -0.25) is 39.0 Å². The molecule has 0 amide bonds. The average Bonchev–Trinajstić information content (AvgIpc) is 2.74. The van der Waals surface area contributed by atoms with Gasteiger partial charge in [-0.15, -0.1) is 0 Å². The lowest BCUT2D eigenvalue weighted by Gasteiger charge is -2.24. The van der Waals surface area contributed by atoms with Crippen LogP contribution in [0.1, 0.15) is 41.5 Å². The van der Waals surface area contributed by atoms with Crippen LogP contribution in [-0.2, 0) is 0 Å². The number of allylic oxidation sites excluding steroid dienone is 2. The predicted molar refractivity (Wildman–Crippen MR) is 133 cm³/mol. The molecule has 0 aliphatic heterocycles. The molecule has 2 unspecified atom stereocenters. The van der Waals surface area contributed by atoms with Crippen LogP contribution in [0.25, 0.3) is 0 Å². The third-order valence-electron chi connectivity index (χ3n) is 5.75. The maximum atomic E-state index is 13.4. The van der Waals surface area contributed by atoms with E-state index in [2.05, 4.69) is 5.32 Å². The molecule has 0 bridgehead atoms. The number of carbonyl (C=O) groups excluding carboxylic acids is 1. The zero-order valence-corrected chi connectivity index (χ0v) is 20.7. The molecule has 1 heterocycles. The summed E-state index contributed by atoms with van der Waals surface area (Å²) in [6.07, 6.45) is 2.11. The van der Waals surface area contributed by atoms with E-state index in [1.807, 2.05) is 13.0 Å². The standard InChI is InChI=1S/C23H25N5O6S/c1-12(2)25-20(29)9-15(5)26(23(25)35)22(30)16-10-18(27(31)32)21(19(11-16)28(33)34)24-17-7-6-13(3)8-14(17)4/h6-12,18,21,24H,1-5H3. The number of nitrogens with zero attached hydrogens (tertiary/aromatic N) is 4. The Kier molecular flexibility index (Phi) is 7.15. The highest BCUT2D eigenvalue weighted by atomic mass is 32.1. The van der Waals surface area contributed by atoms with Gasteiger partial charge in [0.25, 0.3) is 23.2 Å². The molecule has 35 heavy (non-hydrogen) atoms. The molecule has 2 aromatic rings. The van der Waals surface area contributed by atoms with Crippen molar-refractivity contribution >= 4 is 23.8 Å². The van der Waals surface area contributed by atoms with Crippen LogP contribution in [0.3, 0.4) is 0 Å². The average molecular weight is 500 g/mol. The largest absolute Gasteiger partial charge is 0.367 e. The molecule has 184 valence electrons. The highest BCUT2D eigenvalue weighted by Crippen LogP contribution is 2.27. The smallest absolute Gasteiger partial charge is 0.276 e. The number of rotatable bonds is 6. The van der Waals surface area contributed by atoms with Crippen molar-refractivity contribution in [2.24, 2.45) is 0 Å². The molecule has 0 fully saturated rings. The monoisotopic (exact) mass is 499 g/mol. The number of nitro groups is 2. The molecule has 12 heteroatoms. The summed E-state index contributed by atoms with van der Waals surface area (Å²) in [5, 5.41) is 26.8. The minimum atomic E-state index is -1.61. The van der Waals surface area contributed by atoms with Crippen molar-refractivity contribution in [2.45, 2.75) is 52.7 Å². The Morgan fingerprint density at radius 1 is 1.14 bits per heavy atom. The Hall–Kier alpha value is -3.93. The fourth-order valence-electron chi connectivity index (χ4n) is 4.05. The Balaban J connectivity index is 2.14. The van der Waals surface area contributed by atoms with Crippen LogP contribution in [0.15, 0.2) is 52.5 Å². The van der Waals surface area contributed by atoms with Gasteiger partial charge in [-0.1, -0.05) is 17.7 Å². The number of aromatic nitrogens is 2. The quantitative estimate of drug-likeness (QED) is 0.360. The summed E-state index contributed by atoms with van der Waals surface area (Å²) in [5.41, 5.74) is 1.27. The molecular weight excluding hydrogens is 474 g/mol. The van der Waals surface area contributed by atoms with E-state index in [0.29, 0.717) is 5.69 Å². The summed E-state index contributed by atoms with van der Waals surface area (Å²) >= 11 is 5.36. The van der Waals surface area contributed by atoms with Crippen molar-refractivity contribution in [1.82, 2.24) is 9.13 Å². The number of nitrogens with one attached hydrogen (secondary N) is 1. The highest BCUT2D eigenvalue weighted by molar-refractivity contribution is 7.71. The van der Waals surface area contributed by atoms with Gasteiger partial charge in [-0.2, -0.15) is 0 Å². The van der Waals surface area contributed by atoms with Crippen LogP contribution < -0.4 is 10.9 Å². The van der Waals surface area contributed by atoms with Crippen LogP contribution in [0, 0.1) is 45.8 Å². The second kappa shape index (κ2) is 9.74. The Labute approximate surface area is 205 Å². The number of hydrogen-bond acceptors (Lipinski definition) is 8. The predicted octanol–water partition coefficient (Wildman–Crippen LogP) is 3.75. The van der Waals surface area contributed by atoms with E-state index in [4.69, 9.17) is 12.2 Å². The van der Waals surface area contributed by atoms with Gasteiger partial charge in [-0.25, -0.2) is 0 Å². The van der Waals surface area contributed by atoms with Crippen molar-refractivity contribution in [3.8, 4) is 0 Å². The molecule has 1 aromatic heterocycles. The summed E-state index contributed by atoms with van der Waals surface area (Å²) in [5.74, 6) is -0.793. The van der Waals surface area contributed by atoms with E-state index in [1.54, 1.807) is 32.9 Å². The minimum Gasteiger partial charge on any atom is -0.367 e. The molecular formula is C23H25N5O6S. The third kappa shape index (κ3) is 4.97. The zero-order chi connectivity index (χ0) is 26.2. The SMILES string of the molecule is Cc1ccc(NC2C([N+](=O)[O-])=CC(C(=O)n3c(C)cc(=O)n(C(C)C)c3=S)=CC2[N+](=O)[O-])c(C)c1. The van der Waals surface area contributed by atoms with Gasteiger partial charge in [0.15, 0.2) is 10.8 Å². The lowest BCUT2D eigenvalue weighted by atomic mass is 9.93. The van der Waals surface area contributed by atoms with Gasteiger partial charge in [0.05, 0.1) is 4.92 Å². The van der Waals surface area contributed by atoms with Crippen LogP contribution in [0.5, 0.6) is 0 Å². The molecule has 2 atom stereocenters. The van der Waals surface area contributed by atoms with Gasteiger partial charge in [-0.05, 0) is 58.5 Å². The van der Waals surface area contributed by atoms with Crippen molar-refractivity contribution in [3.05, 3.63) is 99.9 Å². The number of anilines is 1. The lowest BCUT2D eigenvalue weighted by Crippen LogP contribution is -2.44. The molecule has 1 N–H and O–H groups in total. The summed E-state index contributed by atoms with van der Waals surface area (Å²) < 4.78 is 2.20. The Bertz CT molecular complexity index is 1420. The molecule has 1 aliphatic carbocycles. The van der Waals surface area contributed by atoms with E-state index in [9.17, 15) is 29.8 Å². The normalized spacial score (nSPS) is 17.5. The molecule has 0 spiro atoms. The van der Waals surface area contributed by atoms with Gasteiger partial charge >= 0.3 is 0 Å². The van der Waals surface area contributed by atoms with E-state index in [1.165, 1.54) is 17.6 Å². The first-order valence-corrected chi connectivity index (χ1v) is 11.2. The summed E-state index contributed by atoms with van der Waals surface area (Å²) in [6.45, 7) is 8.61. The molecule has 0 saturated heterocycles. The maximum Gasteiger partial charge on any atom is 0.276 e. The molecule has 11 nitrogen and oxygen atoms in total. The van der Waals surface area contributed by atoms with E-state index < -0.39 is 39.1 Å². The molecule has 1 aliphatic rings. The van der Waals surface area contributed by atoms with Crippen molar-refractivity contribution < 1.29 is 14.6 Å². The second-order valence-corrected chi connectivity index (χ2v) is 9.04. The van der Waals surface area contributed by atoms with Crippen LogP contribution in [0.2, 0.25) is 0 Å². The zero-order valence-electron chi connectivity index (χ0n) is 19.8. The first-order valence-electron chi connectivity index (χ1n) is 10.8. The molecule has 0 radical (unpaired) electrons. The summed E-state index contributed by atoms with van der Waals surface area (Å²) in [4.78, 5) is 48.3. The van der Waals surface area contributed by atoms with Gasteiger partial charge in [0.1, 0.15) is 0 Å². The number of hydrogen-bond donors (Lipinski definition) is 1. The molecule has 1 aromatic carbocycles. The molecule has 3 rings (SSSR count). The van der Waals surface area contributed by atoms with Crippen LogP contribution in [-0.4, -0.2) is 37.0 Å². The van der Waals surface area contributed by atoms with E-state index >= 15 is 0 Å². The first kappa shape index (κ1) is 25.7. The van der Waals surface area contributed by atoms with Gasteiger partial charge < -0.3 is 5.32 Å². The van der Waals surface area contributed by atoms with Crippen molar-refractivity contribution in [3.63, 3.8) is 0 Å². The number of benzene rings is 1. The second-order valence-electron chi connectivity index (χ2n) is 8.68. The van der Waals surface area contributed by atoms with Crippen LogP contribution >= 0.6 is 12.2 Å². The first-order chi connectivity index (χ1) is 16.3. The van der Waals surface area contributed by atoms with Gasteiger partial charge in [0, 0.05) is 46.1 Å². The van der Waals surface area contributed by atoms with Crippen molar-refractivity contribution in [1.29, 1.82) is 0 Å². The Morgan fingerprint density at radius 2 is 1.80 bits per heavy atom. The fourth-order valence-corrected chi connectivity index (χ4v) is 4.58. The topological polar surface area (TPSA) is 142 Å². The van der Waals surface area contributed by atoms with E-state index in [0.717, 1.165) is 27.8 Å². The van der Waals surface area contributed by atoms with E-state index in [-0.39, 0.29) is 22.1 Å². The summed E-state index contributed by atoms with van der Waals surface area (Å²) in [6, 6.07) is 3.28. The summed E-state index contributed by atoms with van der Waals surface area (Å²) in [7, 11) is 0. The number of aryl methyl sites for hydroxylation is 3. The van der Waals surface area contributed by atoms with Gasteiger partial charge in [0.2, 0.25) is 0 Å². The van der Waals surface area contributed by atoms with Crippen molar-refractivity contribution in [2.75, 3.05) is 5.32 Å². The fraction of sp³-hybridized carbons (Fsp3) is 0.348. The highest BCUT2D eigenvalue weighted by Gasteiger charge is 2.44. The lowest BCUT2D eigenvalue weighted by molar-refractivity contribution is -0.519. The minimum absolute atomic E-state index is 0.0971. The number of carbonyl (C=O) groups is 1. The molecule has 0 saturated carbocycles. The van der Waals surface area contributed by atoms with Crippen LogP contribution in [0.4, 0.5) is 5.69 Å². The maximum absolute atomic E-state index is 13.4.